The molecule has 0 saturated carbocycles. The summed E-state index contributed by atoms with van der Waals surface area (Å²) in [6, 6.07) is 5.27. The molecule has 0 aliphatic heterocycles. The molecule has 0 spiro atoms. The minimum atomic E-state index is -0.576. The summed E-state index contributed by atoms with van der Waals surface area (Å²) in [5.74, 6) is 4.75. The molecule has 0 atom stereocenters. The van der Waals surface area contributed by atoms with Crippen LogP contribution in [0.4, 0.5) is 21.8 Å². The number of anilines is 3. The lowest BCUT2D eigenvalue weighted by molar-refractivity contribution is 0.619. The average Bonchev–Trinajstić information content (AvgIpc) is 2.36. The smallest absolute Gasteiger partial charge is 0.239 e. The van der Waals surface area contributed by atoms with E-state index in [2.05, 4.69) is 20.7 Å². The van der Waals surface area contributed by atoms with E-state index in [-0.39, 0.29) is 11.8 Å². The molecule has 0 aliphatic carbocycles. The SMILES string of the molecule is Cc1ccc(Cl)cc1Nc1nc(NN)ncc1F. The number of nitrogens with two attached hydrogens (primary N) is 1. The number of hydrogen-bond acceptors (Lipinski definition) is 5. The number of rotatable bonds is 3. The van der Waals surface area contributed by atoms with Crippen LogP contribution in [0.3, 0.4) is 0 Å². The van der Waals surface area contributed by atoms with Crippen LogP contribution in [0.2, 0.25) is 5.02 Å². The third-order valence-corrected chi connectivity index (χ3v) is 2.56. The Balaban J connectivity index is 2.36. The van der Waals surface area contributed by atoms with Crippen molar-refractivity contribution in [3.05, 3.63) is 40.8 Å². The molecule has 18 heavy (non-hydrogen) atoms. The summed E-state index contributed by atoms with van der Waals surface area (Å²) in [5.41, 5.74) is 3.84. The van der Waals surface area contributed by atoms with Crippen molar-refractivity contribution in [3.63, 3.8) is 0 Å². The van der Waals surface area contributed by atoms with E-state index in [9.17, 15) is 4.39 Å². The van der Waals surface area contributed by atoms with Gasteiger partial charge in [0.05, 0.1) is 6.20 Å². The van der Waals surface area contributed by atoms with Crippen molar-refractivity contribution in [2.75, 3.05) is 10.7 Å². The van der Waals surface area contributed by atoms with Gasteiger partial charge in [0, 0.05) is 10.7 Å². The number of aromatic nitrogens is 2. The molecule has 0 saturated heterocycles. The Bertz CT molecular complexity index is 575. The van der Waals surface area contributed by atoms with Gasteiger partial charge in [0.2, 0.25) is 5.95 Å². The maximum absolute atomic E-state index is 13.5. The minimum Gasteiger partial charge on any atom is -0.337 e. The first-order valence-corrected chi connectivity index (χ1v) is 5.50. The summed E-state index contributed by atoms with van der Waals surface area (Å²) < 4.78 is 13.5. The van der Waals surface area contributed by atoms with Crippen LogP contribution in [-0.4, -0.2) is 9.97 Å². The fourth-order valence-electron chi connectivity index (χ4n) is 1.38. The van der Waals surface area contributed by atoms with Gasteiger partial charge in [0.15, 0.2) is 11.6 Å². The highest BCUT2D eigenvalue weighted by atomic mass is 35.5. The number of nitrogens with one attached hydrogen (secondary N) is 2. The molecule has 7 heteroatoms. The van der Waals surface area contributed by atoms with E-state index in [1.54, 1.807) is 12.1 Å². The second-order valence-electron chi connectivity index (χ2n) is 3.62. The fourth-order valence-corrected chi connectivity index (χ4v) is 1.55. The number of nitrogen functional groups attached to an aromatic ring is 1. The summed E-state index contributed by atoms with van der Waals surface area (Å²) >= 11 is 5.88. The van der Waals surface area contributed by atoms with Crippen molar-refractivity contribution in [1.29, 1.82) is 0 Å². The Kier molecular flexibility index (Phi) is 3.59. The highest BCUT2D eigenvalue weighted by Crippen LogP contribution is 2.24. The van der Waals surface area contributed by atoms with Crippen molar-refractivity contribution in [2.24, 2.45) is 5.84 Å². The molecular weight excluding hydrogens is 257 g/mol. The Hall–Kier alpha value is -1.92. The van der Waals surface area contributed by atoms with Crippen LogP contribution in [0.25, 0.3) is 0 Å². The molecule has 0 amide bonds. The summed E-state index contributed by atoms with van der Waals surface area (Å²) in [7, 11) is 0. The average molecular weight is 268 g/mol. The molecule has 94 valence electrons. The zero-order chi connectivity index (χ0) is 13.1. The third-order valence-electron chi connectivity index (χ3n) is 2.33. The molecule has 0 unspecified atom stereocenters. The second-order valence-corrected chi connectivity index (χ2v) is 4.06. The van der Waals surface area contributed by atoms with E-state index >= 15 is 0 Å². The zero-order valence-electron chi connectivity index (χ0n) is 9.54. The van der Waals surface area contributed by atoms with Crippen molar-refractivity contribution >= 4 is 29.1 Å². The zero-order valence-corrected chi connectivity index (χ0v) is 10.3. The van der Waals surface area contributed by atoms with Crippen LogP contribution in [0, 0.1) is 12.7 Å². The molecule has 2 aromatic rings. The first kappa shape index (κ1) is 12.5. The molecule has 1 aromatic heterocycles. The lowest BCUT2D eigenvalue weighted by Crippen LogP contribution is -2.12. The first-order chi connectivity index (χ1) is 8.60. The largest absolute Gasteiger partial charge is 0.337 e. The van der Waals surface area contributed by atoms with E-state index in [1.807, 2.05) is 13.0 Å². The predicted molar refractivity (Wildman–Crippen MR) is 69.3 cm³/mol. The predicted octanol–water partition coefficient (Wildman–Crippen LogP) is 2.61. The van der Waals surface area contributed by atoms with Crippen molar-refractivity contribution in [3.8, 4) is 0 Å². The Labute approximate surface area is 108 Å². The highest BCUT2D eigenvalue weighted by Gasteiger charge is 2.08. The summed E-state index contributed by atoms with van der Waals surface area (Å²) in [5, 5.41) is 3.40. The highest BCUT2D eigenvalue weighted by molar-refractivity contribution is 6.30. The molecule has 4 N–H and O–H groups in total. The number of benzene rings is 1. The number of halogens is 2. The standard InChI is InChI=1S/C11H11ClFN5/c1-6-2-3-7(12)4-9(6)16-10-8(13)5-15-11(17-10)18-14/h2-5H,14H2,1H3,(H2,15,16,17,18). The third kappa shape index (κ3) is 2.66. The Morgan fingerprint density at radius 2 is 2.17 bits per heavy atom. The van der Waals surface area contributed by atoms with Gasteiger partial charge in [-0.15, -0.1) is 0 Å². The van der Waals surface area contributed by atoms with E-state index in [0.29, 0.717) is 10.7 Å². The van der Waals surface area contributed by atoms with Crippen LogP contribution < -0.4 is 16.6 Å². The van der Waals surface area contributed by atoms with Gasteiger partial charge in [-0.25, -0.2) is 15.2 Å². The van der Waals surface area contributed by atoms with Gasteiger partial charge in [-0.05, 0) is 24.6 Å². The lowest BCUT2D eigenvalue weighted by atomic mass is 10.2. The quantitative estimate of drug-likeness (QED) is 0.589. The molecule has 5 nitrogen and oxygen atoms in total. The molecule has 0 fully saturated rings. The van der Waals surface area contributed by atoms with Gasteiger partial charge in [-0.3, -0.25) is 5.43 Å². The number of hydrogen-bond donors (Lipinski definition) is 3. The normalized spacial score (nSPS) is 10.2. The molecule has 2 rings (SSSR count). The summed E-state index contributed by atoms with van der Waals surface area (Å²) in [4.78, 5) is 7.53. The van der Waals surface area contributed by atoms with E-state index in [1.165, 1.54) is 0 Å². The van der Waals surface area contributed by atoms with Gasteiger partial charge in [0.25, 0.3) is 0 Å². The molecule has 1 heterocycles. The van der Waals surface area contributed by atoms with Crippen molar-refractivity contribution in [1.82, 2.24) is 9.97 Å². The monoisotopic (exact) mass is 267 g/mol. The van der Waals surface area contributed by atoms with Crippen LogP contribution in [0.15, 0.2) is 24.4 Å². The maximum Gasteiger partial charge on any atom is 0.239 e. The van der Waals surface area contributed by atoms with Gasteiger partial charge >= 0.3 is 0 Å². The summed E-state index contributed by atoms with van der Waals surface area (Å²) in [6.45, 7) is 1.87. The van der Waals surface area contributed by atoms with Crippen molar-refractivity contribution in [2.45, 2.75) is 6.92 Å². The number of nitrogens with zero attached hydrogens (tertiary/aromatic N) is 2. The van der Waals surface area contributed by atoms with Crippen LogP contribution in [-0.2, 0) is 0 Å². The molecule has 0 aliphatic rings. The van der Waals surface area contributed by atoms with Gasteiger partial charge < -0.3 is 5.32 Å². The van der Waals surface area contributed by atoms with Crippen LogP contribution in [0.5, 0.6) is 0 Å². The van der Waals surface area contributed by atoms with E-state index in [4.69, 9.17) is 17.4 Å². The van der Waals surface area contributed by atoms with E-state index < -0.39 is 5.82 Å². The second kappa shape index (κ2) is 5.16. The minimum absolute atomic E-state index is 0.0308. The Morgan fingerprint density at radius 3 is 2.89 bits per heavy atom. The number of hydrazine groups is 1. The first-order valence-electron chi connectivity index (χ1n) is 5.12. The Morgan fingerprint density at radius 1 is 1.39 bits per heavy atom. The molecule has 1 aromatic carbocycles. The summed E-state index contributed by atoms with van der Waals surface area (Å²) in [6.07, 6.45) is 1.03. The van der Waals surface area contributed by atoms with Gasteiger partial charge in [-0.1, -0.05) is 17.7 Å². The van der Waals surface area contributed by atoms with Gasteiger partial charge in [-0.2, -0.15) is 4.98 Å². The van der Waals surface area contributed by atoms with Gasteiger partial charge in [0.1, 0.15) is 0 Å². The fraction of sp³-hybridized carbons (Fsp3) is 0.0909. The van der Waals surface area contributed by atoms with E-state index in [0.717, 1.165) is 11.8 Å². The molecule has 0 radical (unpaired) electrons. The lowest BCUT2D eigenvalue weighted by Gasteiger charge is -2.10. The topological polar surface area (TPSA) is 75.9 Å². The van der Waals surface area contributed by atoms with Crippen molar-refractivity contribution < 1.29 is 4.39 Å². The van der Waals surface area contributed by atoms with Crippen LogP contribution >= 0.6 is 11.6 Å². The number of aryl methyl sites for hydroxylation is 1. The molecular formula is C11H11ClFN5. The molecule has 0 bridgehead atoms. The maximum atomic E-state index is 13.5. The van der Waals surface area contributed by atoms with Crippen LogP contribution in [0.1, 0.15) is 5.56 Å².